The first-order chi connectivity index (χ1) is 29.8. The molecule has 7 aromatic rings. The van der Waals surface area contributed by atoms with Crippen molar-refractivity contribution in [3.05, 3.63) is 173 Å². The molecule has 0 N–H and O–H groups in total. The summed E-state index contributed by atoms with van der Waals surface area (Å²) in [6, 6.07) is 52.2. The van der Waals surface area contributed by atoms with Crippen molar-refractivity contribution in [2.24, 2.45) is 11.8 Å². The Bertz CT molecular complexity index is 2630. The largest absolute Gasteiger partial charge is 0.208 e. The summed E-state index contributed by atoms with van der Waals surface area (Å²) in [5.74, 6) is 3.43. The molecule has 304 valence electrons. The Morgan fingerprint density at radius 2 is 0.836 bits per heavy atom. The van der Waals surface area contributed by atoms with Crippen LogP contribution in [0.25, 0.3) is 56.4 Å². The third-order valence-corrected chi connectivity index (χ3v) is 15.9. The number of hydrogen-bond donors (Lipinski definition) is 0. The fourth-order valence-electron chi connectivity index (χ4n) is 12.3. The van der Waals surface area contributed by atoms with Gasteiger partial charge < -0.3 is 0 Å². The monoisotopic (exact) mass is 795 g/mol. The van der Waals surface area contributed by atoms with Crippen molar-refractivity contribution in [2.45, 2.75) is 108 Å². The zero-order chi connectivity index (χ0) is 41.3. The molecule has 6 aromatic carbocycles. The molecule has 2 fully saturated rings. The highest BCUT2D eigenvalue weighted by atomic mass is 15.0. The average molecular weight is 796 g/mol. The lowest BCUT2D eigenvalue weighted by Gasteiger charge is -2.39. The van der Waals surface area contributed by atoms with Gasteiger partial charge >= 0.3 is 0 Å². The Hall–Kier alpha value is -5.67. The second-order valence-corrected chi connectivity index (χ2v) is 19.7. The van der Waals surface area contributed by atoms with E-state index >= 15 is 0 Å². The van der Waals surface area contributed by atoms with E-state index in [0.717, 1.165) is 16.7 Å². The van der Waals surface area contributed by atoms with Gasteiger partial charge in [-0.3, -0.25) is 0 Å². The molecule has 0 unspecified atom stereocenters. The molecule has 4 aliphatic carbocycles. The SMILES string of the molecule is CC(C)(c1ccc2c(c1)C1(c3cc(C(C)(C)C4CCCCC4)ccc3-2)c2ccccc2-c2c(-c3nc(-c4ccccc4)nc(-c4ccccc4)n3)cccc21)C1CCCCC1. The van der Waals surface area contributed by atoms with E-state index in [9.17, 15) is 0 Å². The molecule has 1 spiro atoms. The first-order valence-corrected chi connectivity index (χ1v) is 23.2. The van der Waals surface area contributed by atoms with Gasteiger partial charge in [0.05, 0.1) is 5.41 Å². The van der Waals surface area contributed by atoms with E-state index in [0.29, 0.717) is 29.3 Å². The highest BCUT2D eigenvalue weighted by molar-refractivity contribution is 5.99. The third kappa shape index (κ3) is 6.01. The van der Waals surface area contributed by atoms with Gasteiger partial charge in [-0.2, -0.15) is 0 Å². The molecule has 4 aliphatic rings. The molecule has 0 aliphatic heterocycles. The van der Waals surface area contributed by atoms with E-state index in [4.69, 9.17) is 15.0 Å². The van der Waals surface area contributed by atoms with Crippen LogP contribution in [0.3, 0.4) is 0 Å². The van der Waals surface area contributed by atoms with Crippen LogP contribution in [-0.4, -0.2) is 15.0 Å². The third-order valence-electron chi connectivity index (χ3n) is 15.9. The molecular weight excluding hydrogens is 739 g/mol. The van der Waals surface area contributed by atoms with E-state index in [-0.39, 0.29) is 10.8 Å². The first kappa shape index (κ1) is 38.3. The van der Waals surface area contributed by atoms with Crippen molar-refractivity contribution in [2.75, 3.05) is 0 Å². The van der Waals surface area contributed by atoms with E-state index in [1.807, 2.05) is 12.1 Å². The number of fused-ring (bicyclic) bond motifs is 10. The topological polar surface area (TPSA) is 38.7 Å². The van der Waals surface area contributed by atoms with Crippen LogP contribution in [0.15, 0.2) is 140 Å². The van der Waals surface area contributed by atoms with Crippen LogP contribution in [0, 0.1) is 11.8 Å². The van der Waals surface area contributed by atoms with Crippen LogP contribution in [-0.2, 0) is 16.2 Å². The Balaban J connectivity index is 1.18. The zero-order valence-corrected chi connectivity index (χ0v) is 36.3. The molecule has 2 saturated carbocycles. The Morgan fingerprint density at radius 1 is 0.393 bits per heavy atom. The van der Waals surface area contributed by atoms with E-state index < -0.39 is 5.41 Å². The summed E-state index contributed by atoms with van der Waals surface area (Å²) in [6.45, 7) is 10.1. The fourth-order valence-corrected chi connectivity index (χ4v) is 12.3. The molecule has 3 nitrogen and oxygen atoms in total. The molecule has 0 bridgehead atoms. The van der Waals surface area contributed by atoms with Gasteiger partial charge in [0.25, 0.3) is 0 Å². The number of hydrogen-bond acceptors (Lipinski definition) is 3. The number of benzene rings is 6. The van der Waals surface area contributed by atoms with E-state index in [2.05, 4.69) is 155 Å². The fraction of sp³-hybridized carbons (Fsp3) is 0.328. The molecule has 1 aromatic heterocycles. The van der Waals surface area contributed by atoms with Gasteiger partial charge in [-0.15, -0.1) is 0 Å². The summed E-state index contributed by atoms with van der Waals surface area (Å²) in [5.41, 5.74) is 16.3. The minimum Gasteiger partial charge on any atom is -0.208 e. The minimum atomic E-state index is -0.499. The Labute approximate surface area is 362 Å². The lowest BCUT2D eigenvalue weighted by atomic mass is 9.64. The summed E-state index contributed by atoms with van der Waals surface area (Å²) in [5, 5.41) is 0. The van der Waals surface area contributed by atoms with Crippen LogP contribution in [0.5, 0.6) is 0 Å². The molecule has 0 amide bonds. The molecule has 0 radical (unpaired) electrons. The quantitative estimate of drug-likeness (QED) is 0.161. The molecule has 11 rings (SSSR count). The van der Waals surface area contributed by atoms with Crippen molar-refractivity contribution in [1.29, 1.82) is 0 Å². The van der Waals surface area contributed by atoms with Gasteiger partial charge in [-0.05, 0) is 104 Å². The molecule has 0 saturated heterocycles. The van der Waals surface area contributed by atoms with Crippen LogP contribution >= 0.6 is 0 Å². The highest BCUT2D eigenvalue weighted by Crippen LogP contribution is 2.65. The maximum Gasteiger partial charge on any atom is 0.164 e. The lowest BCUT2D eigenvalue weighted by Crippen LogP contribution is -2.32. The van der Waals surface area contributed by atoms with Crippen LogP contribution < -0.4 is 0 Å². The summed E-state index contributed by atoms with van der Waals surface area (Å²) in [7, 11) is 0. The van der Waals surface area contributed by atoms with Gasteiger partial charge in [0.2, 0.25) is 0 Å². The first-order valence-electron chi connectivity index (χ1n) is 23.2. The normalized spacial score (nSPS) is 17.2. The average Bonchev–Trinajstić information content (AvgIpc) is 3.79. The Morgan fingerprint density at radius 3 is 1.36 bits per heavy atom. The summed E-state index contributed by atoms with van der Waals surface area (Å²) in [4.78, 5) is 15.7. The summed E-state index contributed by atoms with van der Waals surface area (Å²) < 4.78 is 0. The zero-order valence-electron chi connectivity index (χ0n) is 36.3. The predicted octanol–water partition coefficient (Wildman–Crippen LogP) is 14.9. The van der Waals surface area contributed by atoms with Crippen molar-refractivity contribution < 1.29 is 0 Å². The van der Waals surface area contributed by atoms with Gasteiger partial charge in [-0.25, -0.2) is 15.0 Å². The maximum absolute atomic E-state index is 5.33. The molecular formula is C58H57N3. The van der Waals surface area contributed by atoms with Crippen LogP contribution in [0.4, 0.5) is 0 Å². The van der Waals surface area contributed by atoms with Gasteiger partial charge in [0, 0.05) is 16.7 Å². The summed E-state index contributed by atoms with van der Waals surface area (Å²) in [6.07, 6.45) is 13.3. The number of aromatic nitrogens is 3. The van der Waals surface area contributed by atoms with Crippen LogP contribution in [0.1, 0.15) is 125 Å². The van der Waals surface area contributed by atoms with Crippen molar-refractivity contribution in [3.63, 3.8) is 0 Å². The molecule has 61 heavy (non-hydrogen) atoms. The van der Waals surface area contributed by atoms with Gasteiger partial charge in [0.1, 0.15) is 0 Å². The smallest absolute Gasteiger partial charge is 0.164 e. The number of rotatable bonds is 7. The van der Waals surface area contributed by atoms with E-state index in [1.165, 1.54) is 120 Å². The van der Waals surface area contributed by atoms with Crippen molar-refractivity contribution >= 4 is 0 Å². The minimum absolute atomic E-state index is 0.0644. The Kier molecular flexibility index (Phi) is 9.26. The summed E-state index contributed by atoms with van der Waals surface area (Å²) >= 11 is 0. The van der Waals surface area contributed by atoms with Crippen molar-refractivity contribution in [1.82, 2.24) is 15.0 Å². The highest BCUT2D eigenvalue weighted by Gasteiger charge is 2.53. The van der Waals surface area contributed by atoms with Crippen molar-refractivity contribution in [3.8, 4) is 56.4 Å². The second kappa shape index (κ2) is 14.8. The van der Waals surface area contributed by atoms with Gasteiger partial charge in [-0.1, -0.05) is 206 Å². The maximum atomic E-state index is 5.33. The molecule has 0 atom stereocenters. The van der Waals surface area contributed by atoms with Crippen LogP contribution in [0.2, 0.25) is 0 Å². The molecule has 1 heterocycles. The molecule has 3 heteroatoms. The standard InChI is InChI=1S/C58H57N3/c1-56(2,40-24-13-7-14-25-40)42-32-34-44-45-35-33-43(57(3,4)41-26-15-8-16-27-41)37-51(45)58(50(44)36-42)48-30-18-17-28-46(48)52-47(29-19-31-49(52)58)55-60-53(38-20-9-5-10-21-38)59-54(61-55)39-22-11-6-12-23-39/h5-6,9-12,17-23,28-37,40-41H,7-8,13-16,24-27H2,1-4H3. The second-order valence-electron chi connectivity index (χ2n) is 19.7. The number of nitrogens with zero attached hydrogens (tertiary/aromatic N) is 3. The van der Waals surface area contributed by atoms with Gasteiger partial charge in [0.15, 0.2) is 17.5 Å². The van der Waals surface area contributed by atoms with E-state index in [1.54, 1.807) is 0 Å². The predicted molar refractivity (Wildman–Crippen MR) is 252 cm³/mol. The lowest BCUT2D eigenvalue weighted by molar-refractivity contribution is 0.236.